The number of urea groups is 1. The van der Waals surface area contributed by atoms with Gasteiger partial charge in [-0.1, -0.05) is 34.8 Å². The standard InChI is InChI=1S/C15H13Cl3N2O/c1-8-5-10(16)6-9(2)14(8)20-15(21)19-11-3-4-12(17)13(18)7-11/h3-7H,1-2H3,(H2,19,20,21). The van der Waals surface area contributed by atoms with Crippen LogP contribution in [0.2, 0.25) is 15.1 Å². The summed E-state index contributed by atoms with van der Waals surface area (Å²) in [6.45, 7) is 3.77. The number of amides is 2. The Bertz CT molecular complexity index is 678. The molecule has 110 valence electrons. The molecular weight excluding hydrogens is 331 g/mol. The van der Waals surface area contributed by atoms with Gasteiger partial charge in [0.25, 0.3) is 0 Å². The normalized spacial score (nSPS) is 10.3. The maximum absolute atomic E-state index is 12.0. The van der Waals surface area contributed by atoms with Crippen LogP contribution in [0.5, 0.6) is 0 Å². The maximum Gasteiger partial charge on any atom is 0.323 e. The molecule has 0 aliphatic heterocycles. The molecule has 2 aromatic carbocycles. The molecule has 0 fully saturated rings. The summed E-state index contributed by atoms with van der Waals surface area (Å²) in [6.07, 6.45) is 0. The zero-order chi connectivity index (χ0) is 15.6. The molecule has 0 aromatic heterocycles. The van der Waals surface area contributed by atoms with E-state index in [1.807, 2.05) is 13.8 Å². The van der Waals surface area contributed by atoms with E-state index in [-0.39, 0.29) is 6.03 Å². The number of benzene rings is 2. The largest absolute Gasteiger partial charge is 0.323 e. The highest BCUT2D eigenvalue weighted by molar-refractivity contribution is 6.42. The zero-order valence-corrected chi connectivity index (χ0v) is 13.7. The molecule has 2 aromatic rings. The second kappa shape index (κ2) is 6.56. The Morgan fingerprint density at radius 1 is 0.905 bits per heavy atom. The maximum atomic E-state index is 12.0. The van der Waals surface area contributed by atoms with Crippen molar-refractivity contribution in [3.8, 4) is 0 Å². The summed E-state index contributed by atoms with van der Waals surface area (Å²) >= 11 is 17.7. The average Bonchev–Trinajstić information content (AvgIpc) is 2.38. The van der Waals surface area contributed by atoms with Crippen molar-refractivity contribution in [2.75, 3.05) is 10.6 Å². The monoisotopic (exact) mass is 342 g/mol. The molecule has 2 amide bonds. The second-order valence-corrected chi connectivity index (χ2v) is 5.87. The Hall–Kier alpha value is -1.42. The molecule has 0 atom stereocenters. The van der Waals surface area contributed by atoms with Crippen molar-refractivity contribution in [3.05, 3.63) is 56.5 Å². The molecule has 0 bridgehead atoms. The Labute approximate surface area is 138 Å². The Morgan fingerprint density at radius 3 is 2.10 bits per heavy atom. The van der Waals surface area contributed by atoms with E-state index in [1.54, 1.807) is 30.3 Å². The summed E-state index contributed by atoms with van der Waals surface area (Å²) < 4.78 is 0. The number of hydrogen-bond donors (Lipinski definition) is 2. The van der Waals surface area contributed by atoms with E-state index in [0.29, 0.717) is 20.8 Å². The highest BCUT2D eigenvalue weighted by atomic mass is 35.5. The molecule has 3 nitrogen and oxygen atoms in total. The predicted octanol–water partition coefficient (Wildman–Crippen LogP) is 5.91. The minimum absolute atomic E-state index is 0.359. The number of rotatable bonds is 2. The first kappa shape index (κ1) is 16.0. The average molecular weight is 344 g/mol. The van der Waals surface area contributed by atoms with Gasteiger partial charge >= 0.3 is 6.03 Å². The van der Waals surface area contributed by atoms with Crippen molar-refractivity contribution in [1.82, 2.24) is 0 Å². The van der Waals surface area contributed by atoms with E-state index in [9.17, 15) is 4.79 Å². The number of carbonyl (C=O) groups excluding carboxylic acids is 1. The number of aryl methyl sites for hydroxylation is 2. The van der Waals surface area contributed by atoms with E-state index in [4.69, 9.17) is 34.8 Å². The van der Waals surface area contributed by atoms with Crippen molar-refractivity contribution in [3.63, 3.8) is 0 Å². The highest BCUT2D eigenvalue weighted by Crippen LogP contribution is 2.26. The molecule has 0 spiro atoms. The van der Waals surface area contributed by atoms with Crippen LogP contribution < -0.4 is 10.6 Å². The lowest BCUT2D eigenvalue weighted by Gasteiger charge is -2.13. The lowest BCUT2D eigenvalue weighted by atomic mass is 10.1. The first-order valence-corrected chi connectivity index (χ1v) is 7.30. The molecule has 0 heterocycles. The highest BCUT2D eigenvalue weighted by Gasteiger charge is 2.09. The molecule has 0 radical (unpaired) electrons. The Morgan fingerprint density at radius 2 is 1.52 bits per heavy atom. The predicted molar refractivity (Wildman–Crippen MR) is 90.0 cm³/mol. The lowest BCUT2D eigenvalue weighted by molar-refractivity contribution is 0.262. The van der Waals surface area contributed by atoms with Gasteiger partial charge in [-0.05, 0) is 55.3 Å². The molecule has 0 aliphatic carbocycles. The van der Waals surface area contributed by atoms with Crippen molar-refractivity contribution in [1.29, 1.82) is 0 Å². The summed E-state index contributed by atoms with van der Waals surface area (Å²) in [7, 11) is 0. The SMILES string of the molecule is Cc1cc(Cl)cc(C)c1NC(=O)Nc1ccc(Cl)c(Cl)c1. The van der Waals surface area contributed by atoms with Gasteiger partial charge in [0, 0.05) is 16.4 Å². The van der Waals surface area contributed by atoms with Gasteiger partial charge in [-0.3, -0.25) is 0 Å². The summed E-state index contributed by atoms with van der Waals surface area (Å²) in [4.78, 5) is 12.0. The topological polar surface area (TPSA) is 41.1 Å². The molecular formula is C15H13Cl3N2O. The van der Waals surface area contributed by atoms with E-state index in [1.165, 1.54) is 0 Å². The van der Waals surface area contributed by atoms with Gasteiger partial charge in [0.1, 0.15) is 0 Å². The van der Waals surface area contributed by atoms with E-state index in [2.05, 4.69) is 10.6 Å². The molecule has 0 saturated heterocycles. The number of carbonyl (C=O) groups is 1. The molecule has 0 saturated carbocycles. The Kier molecular flexibility index (Phi) is 4.99. The van der Waals surface area contributed by atoms with E-state index >= 15 is 0 Å². The molecule has 6 heteroatoms. The van der Waals surface area contributed by atoms with Gasteiger partial charge < -0.3 is 10.6 Å². The van der Waals surface area contributed by atoms with Crippen LogP contribution in [-0.4, -0.2) is 6.03 Å². The van der Waals surface area contributed by atoms with Gasteiger partial charge in [0.15, 0.2) is 0 Å². The van der Waals surface area contributed by atoms with Crippen LogP contribution >= 0.6 is 34.8 Å². The number of hydrogen-bond acceptors (Lipinski definition) is 1. The van der Waals surface area contributed by atoms with Crippen LogP contribution in [-0.2, 0) is 0 Å². The summed E-state index contributed by atoms with van der Waals surface area (Å²) in [5, 5.41) is 6.96. The number of halogens is 3. The van der Waals surface area contributed by atoms with E-state index < -0.39 is 0 Å². The van der Waals surface area contributed by atoms with Crippen LogP contribution in [0, 0.1) is 13.8 Å². The number of nitrogens with one attached hydrogen (secondary N) is 2. The van der Waals surface area contributed by atoms with Gasteiger partial charge in [-0.2, -0.15) is 0 Å². The van der Waals surface area contributed by atoms with Crippen molar-refractivity contribution >= 4 is 52.2 Å². The number of anilines is 2. The summed E-state index contributed by atoms with van der Waals surface area (Å²) in [5.41, 5.74) is 3.08. The fraction of sp³-hybridized carbons (Fsp3) is 0.133. The van der Waals surface area contributed by atoms with Gasteiger partial charge in [-0.25, -0.2) is 4.79 Å². The third-order valence-electron chi connectivity index (χ3n) is 2.91. The molecule has 0 unspecified atom stereocenters. The van der Waals surface area contributed by atoms with Crippen LogP contribution in [0.4, 0.5) is 16.2 Å². The van der Waals surface area contributed by atoms with Crippen LogP contribution in [0.25, 0.3) is 0 Å². The second-order valence-electron chi connectivity index (χ2n) is 4.62. The van der Waals surface area contributed by atoms with Crippen molar-refractivity contribution in [2.24, 2.45) is 0 Å². The first-order valence-electron chi connectivity index (χ1n) is 6.16. The van der Waals surface area contributed by atoms with Crippen LogP contribution in [0.15, 0.2) is 30.3 Å². The first-order chi connectivity index (χ1) is 9.86. The quantitative estimate of drug-likeness (QED) is 0.699. The minimum atomic E-state index is -0.359. The van der Waals surface area contributed by atoms with Gasteiger partial charge in [0.2, 0.25) is 0 Å². The van der Waals surface area contributed by atoms with Crippen molar-refractivity contribution in [2.45, 2.75) is 13.8 Å². The molecule has 2 rings (SSSR count). The third kappa shape index (κ3) is 4.03. The van der Waals surface area contributed by atoms with Crippen LogP contribution in [0.3, 0.4) is 0 Å². The van der Waals surface area contributed by atoms with Gasteiger partial charge in [-0.15, -0.1) is 0 Å². The van der Waals surface area contributed by atoms with E-state index in [0.717, 1.165) is 16.8 Å². The van der Waals surface area contributed by atoms with Crippen LogP contribution in [0.1, 0.15) is 11.1 Å². The third-order valence-corrected chi connectivity index (χ3v) is 3.87. The smallest absolute Gasteiger partial charge is 0.308 e. The van der Waals surface area contributed by atoms with Gasteiger partial charge in [0.05, 0.1) is 10.0 Å². The molecule has 21 heavy (non-hydrogen) atoms. The van der Waals surface area contributed by atoms with Crippen molar-refractivity contribution < 1.29 is 4.79 Å². The summed E-state index contributed by atoms with van der Waals surface area (Å²) in [5.74, 6) is 0. The molecule has 2 N–H and O–H groups in total. The fourth-order valence-electron chi connectivity index (χ4n) is 1.96. The Balaban J connectivity index is 2.13. The minimum Gasteiger partial charge on any atom is -0.308 e. The fourth-order valence-corrected chi connectivity index (χ4v) is 2.58. The zero-order valence-electron chi connectivity index (χ0n) is 11.4. The lowest BCUT2D eigenvalue weighted by Crippen LogP contribution is -2.20. The summed E-state index contributed by atoms with van der Waals surface area (Å²) in [6, 6.07) is 8.12. The molecule has 0 aliphatic rings.